The van der Waals surface area contributed by atoms with Gasteiger partial charge in [-0.2, -0.15) is 5.10 Å². The van der Waals surface area contributed by atoms with E-state index < -0.39 is 11.7 Å². The maximum atomic E-state index is 13.7. The number of amides is 1. The van der Waals surface area contributed by atoms with Crippen molar-refractivity contribution < 1.29 is 9.18 Å². The van der Waals surface area contributed by atoms with Gasteiger partial charge in [-0.05, 0) is 31.0 Å². The summed E-state index contributed by atoms with van der Waals surface area (Å²) >= 11 is 3.25. The van der Waals surface area contributed by atoms with Gasteiger partial charge in [0.15, 0.2) is 0 Å². The summed E-state index contributed by atoms with van der Waals surface area (Å²) in [5, 5.41) is 7.04. The van der Waals surface area contributed by atoms with E-state index in [1.165, 1.54) is 25.0 Å². The summed E-state index contributed by atoms with van der Waals surface area (Å²) in [7, 11) is 0. The second kappa shape index (κ2) is 5.97. The SMILES string of the molecule is O=C(Nc1ccnn1C1CCCC1)c1cc(Br)ccc1F. The predicted octanol–water partition coefficient (Wildman–Crippen LogP) is 4.15. The quantitative estimate of drug-likeness (QED) is 0.902. The molecule has 21 heavy (non-hydrogen) atoms. The lowest BCUT2D eigenvalue weighted by molar-refractivity contribution is 0.102. The van der Waals surface area contributed by atoms with Crippen LogP contribution in [0.3, 0.4) is 0 Å². The number of rotatable bonds is 3. The predicted molar refractivity (Wildman–Crippen MR) is 81.8 cm³/mol. The van der Waals surface area contributed by atoms with E-state index in [2.05, 4.69) is 26.3 Å². The maximum absolute atomic E-state index is 13.7. The van der Waals surface area contributed by atoms with Crippen molar-refractivity contribution in [3.8, 4) is 0 Å². The molecule has 6 heteroatoms. The van der Waals surface area contributed by atoms with Crippen LogP contribution in [-0.2, 0) is 0 Å². The van der Waals surface area contributed by atoms with Crippen LogP contribution < -0.4 is 5.32 Å². The number of carbonyl (C=O) groups is 1. The molecule has 2 aromatic rings. The van der Waals surface area contributed by atoms with E-state index in [-0.39, 0.29) is 5.56 Å². The molecule has 1 aliphatic rings. The summed E-state index contributed by atoms with van der Waals surface area (Å²) in [6.07, 6.45) is 6.15. The molecule has 0 saturated heterocycles. The van der Waals surface area contributed by atoms with Crippen LogP contribution in [0.5, 0.6) is 0 Å². The molecule has 1 N–H and O–H groups in total. The highest BCUT2D eigenvalue weighted by atomic mass is 79.9. The zero-order valence-corrected chi connectivity index (χ0v) is 12.9. The van der Waals surface area contributed by atoms with Gasteiger partial charge in [-0.1, -0.05) is 28.8 Å². The smallest absolute Gasteiger partial charge is 0.259 e. The average molecular weight is 352 g/mol. The number of halogens is 2. The van der Waals surface area contributed by atoms with Crippen LogP contribution in [0.4, 0.5) is 10.2 Å². The van der Waals surface area contributed by atoms with Crippen LogP contribution in [-0.4, -0.2) is 15.7 Å². The zero-order valence-electron chi connectivity index (χ0n) is 11.4. The lowest BCUT2D eigenvalue weighted by Gasteiger charge is -2.14. The van der Waals surface area contributed by atoms with E-state index in [4.69, 9.17) is 0 Å². The Kier molecular flexibility index (Phi) is 4.05. The van der Waals surface area contributed by atoms with E-state index in [0.29, 0.717) is 16.3 Å². The van der Waals surface area contributed by atoms with E-state index in [9.17, 15) is 9.18 Å². The summed E-state index contributed by atoms with van der Waals surface area (Å²) in [5.41, 5.74) is 0.0172. The Balaban J connectivity index is 1.82. The molecule has 0 unspecified atom stereocenters. The number of hydrogen-bond donors (Lipinski definition) is 1. The van der Waals surface area contributed by atoms with Crippen molar-refractivity contribution in [1.29, 1.82) is 0 Å². The summed E-state index contributed by atoms with van der Waals surface area (Å²) in [4.78, 5) is 12.2. The third-order valence-corrected chi connectivity index (χ3v) is 4.25. The molecule has 0 radical (unpaired) electrons. The number of carbonyl (C=O) groups excluding carboxylic acids is 1. The van der Waals surface area contributed by atoms with Crippen LogP contribution in [0.2, 0.25) is 0 Å². The second-order valence-corrected chi connectivity index (χ2v) is 6.09. The van der Waals surface area contributed by atoms with Gasteiger partial charge in [0.25, 0.3) is 5.91 Å². The van der Waals surface area contributed by atoms with Crippen LogP contribution in [0.1, 0.15) is 42.1 Å². The van der Waals surface area contributed by atoms with Gasteiger partial charge in [-0.3, -0.25) is 4.79 Å². The average Bonchev–Trinajstić information content (AvgIpc) is 3.11. The molecule has 0 spiro atoms. The van der Waals surface area contributed by atoms with E-state index in [1.54, 1.807) is 18.3 Å². The Morgan fingerprint density at radius 3 is 2.86 bits per heavy atom. The van der Waals surface area contributed by atoms with Crippen molar-refractivity contribution in [3.05, 3.63) is 46.3 Å². The minimum Gasteiger partial charge on any atom is -0.307 e. The molecule has 1 saturated carbocycles. The van der Waals surface area contributed by atoms with Crippen molar-refractivity contribution in [2.75, 3.05) is 5.32 Å². The third kappa shape index (κ3) is 3.00. The Morgan fingerprint density at radius 1 is 1.33 bits per heavy atom. The summed E-state index contributed by atoms with van der Waals surface area (Å²) < 4.78 is 16.2. The van der Waals surface area contributed by atoms with E-state index >= 15 is 0 Å². The first-order chi connectivity index (χ1) is 10.1. The molecule has 1 aliphatic carbocycles. The van der Waals surface area contributed by atoms with Gasteiger partial charge in [0.2, 0.25) is 0 Å². The minimum atomic E-state index is -0.539. The van der Waals surface area contributed by atoms with Gasteiger partial charge >= 0.3 is 0 Å². The molecule has 0 atom stereocenters. The molecule has 1 aromatic heterocycles. The molecule has 4 nitrogen and oxygen atoms in total. The molecular formula is C15H15BrFN3O. The lowest BCUT2D eigenvalue weighted by Crippen LogP contribution is -2.18. The van der Waals surface area contributed by atoms with Crippen LogP contribution in [0.15, 0.2) is 34.9 Å². The molecule has 3 rings (SSSR count). The van der Waals surface area contributed by atoms with Crippen molar-refractivity contribution in [2.24, 2.45) is 0 Å². The third-order valence-electron chi connectivity index (χ3n) is 3.76. The van der Waals surface area contributed by atoms with Gasteiger partial charge in [0.05, 0.1) is 17.8 Å². The molecule has 1 heterocycles. The highest BCUT2D eigenvalue weighted by Gasteiger charge is 2.21. The first-order valence-electron chi connectivity index (χ1n) is 6.95. The highest BCUT2D eigenvalue weighted by Crippen LogP contribution is 2.31. The van der Waals surface area contributed by atoms with Gasteiger partial charge < -0.3 is 5.32 Å². The number of nitrogens with zero attached hydrogens (tertiary/aromatic N) is 2. The number of anilines is 1. The highest BCUT2D eigenvalue weighted by molar-refractivity contribution is 9.10. The summed E-state index contributed by atoms with van der Waals surface area (Å²) in [5.74, 6) is -0.387. The first kappa shape index (κ1) is 14.3. The van der Waals surface area contributed by atoms with Gasteiger partial charge in [0, 0.05) is 10.5 Å². The standard InChI is InChI=1S/C15H15BrFN3O/c16-10-5-6-13(17)12(9-10)15(21)19-14-7-8-18-20(14)11-3-1-2-4-11/h5-9,11H,1-4H2,(H,19,21). The topological polar surface area (TPSA) is 46.9 Å². The van der Waals surface area contributed by atoms with E-state index in [0.717, 1.165) is 12.8 Å². The van der Waals surface area contributed by atoms with Crippen molar-refractivity contribution in [2.45, 2.75) is 31.7 Å². The second-order valence-electron chi connectivity index (χ2n) is 5.18. The molecule has 1 fully saturated rings. The molecule has 110 valence electrons. The monoisotopic (exact) mass is 351 g/mol. The Morgan fingerprint density at radius 2 is 2.10 bits per heavy atom. The largest absolute Gasteiger partial charge is 0.307 e. The normalized spacial score (nSPS) is 15.3. The van der Waals surface area contributed by atoms with Gasteiger partial charge in [0.1, 0.15) is 11.6 Å². The Labute approximate surface area is 130 Å². The van der Waals surface area contributed by atoms with Gasteiger partial charge in [-0.25, -0.2) is 9.07 Å². The number of hydrogen-bond acceptors (Lipinski definition) is 2. The number of nitrogens with one attached hydrogen (secondary N) is 1. The molecular weight excluding hydrogens is 337 g/mol. The van der Waals surface area contributed by atoms with Crippen LogP contribution >= 0.6 is 15.9 Å². The lowest BCUT2D eigenvalue weighted by atomic mass is 10.2. The Bertz CT molecular complexity index is 665. The maximum Gasteiger partial charge on any atom is 0.259 e. The fourth-order valence-electron chi connectivity index (χ4n) is 2.71. The summed E-state index contributed by atoms with van der Waals surface area (Å²) in [6.45, 7) is 0. The summed E-state index contributed by atoms with van der Waals surface area (Å²) in [6, 6.07) is 6.37. The van der Waals surface area contributed by atoms with Crippen molar-refractivity contribution in [3.63, 3.8) is 0 Å². The first-order valence-corrected chi connectivity index (χ1v) is 7.74. The fraction of sp³-hybridized carbons (Fsp3) is 0.333. The van der Waals surface area contributed by atoms with Crippen LogP contribution in [0, 0.1) is 5.82 Å². The number of aromatic nitrogens is 2. The fourth-order valence-corrected chi connectivity index (χ4v) is 3.07. The molecule has 0 bridgehead atoms. The van der Waals surface area contributed by atoms with E-state index in [1.807, 2.05) is 4.68 Å². The number of benzene rings is 1. The van der Waals surface area contributed by atoms with Crippen molar-refractivity contribution >= 4 is 27.7 Å². The molecule has 1 aromatic carbocycles. The van der Waals surface area contributed by atoms with Crippen molar-refractivity contribution in [1.82, 2.24) is 9.78 Å². The molecule has 0 aliphatic heterocycles. The van der Waals surface area contributed by atoms with Crippen LogP contribution in [0.25, 0.3) is 0 Å². The minimum absolute atomic E-state index is 0.0172. The Hall–Kier alpha value is -1.69. The van der Waals surface area contributed by atoms with Gasteiger partial charge in [-0.15, -0.1) is 0 Å². The molecule has 1 amide bonds. The zero-order chi connectivity index (χ0) is 14.8.